The minimum Gasteiger partial charge on any atom is -0.497 e. The quantitative estimate of drug-likeness (QED) is 0.783. The molecule has 0 radical (unpaired) electrons. The molecule has 0 fully saturated rings. The van der Waals surface area contributed by atoms with Crippen molar-refractivity contribution in [3.63, 3.8) is 0 Å². The maximum Gasteiger partial charge on any atom is 0.127 e. The molecule has 0 spiro atoms. The van der Waals surface area contributed by atoms with E-state index in [1.54, 1.807) is 18.2 Å². The Morgan fingerprint density at radius 3 is 2.15 bits per heavy atom. The standard InChI is InChI=1S/C15H13ClF2O2/c1-19-12-3-4-13(14(8-12)20-2)15(16)9-5-10(17)7-11(18)6-9/h3-8,15H,1-2H3. The second kappa shape index (κ2) is 6.09. The van der Waals surface area contributed by atoms with Crippen molar-refractivity contribution in [2.24, 2.45) is 0 Å². The largest absolute Gasteiger partial charge is 0.497 e. The topological polar surface area (TPSA) is 18.5 Å². The lowest BCUT2D eigenvalue weighted by Gasteiger charge is -2.15. The minimum absolute atomic E-state index is 0.327. The molecule has 2 aromatic rings. The van der Waals surface area contributed by atoms with Crippen LogP contribution in [0.5, 0.6) is 11.5 Å². The summed E-state index contributed by atoms with van der Waals surface area (Å²) in [7, 11) is 3.03. The fourth-order valence-corrected chi connectivity index (χ4v) is 2.24. The Bertz CT molecular complexity index is 597. The van der Waals surface area contributed by atoms with Gasteiger partial charge in [0.2, 0.25) is 0 Å². The van der Waals surface area contributed by atoms with E-state index in [0.717, 1.165) is 6.07 Å². The predicted molar refractivity (Wildman–Crippen MR) is 73.6 cm³/mol. The summed E-state index contributed by atoms with van der Waals surface area (Å²) in [5.41, 5.74) is 0.938. The van der Waals surface area contributed by atoms with Gasteiger partial charge in [-0.1, -0.05) is 0 Å². The van der Waals surface area contributed by atoms with Crippen LogP contribution < -0.4 is 9.47 Å². The van der Waals surface area contributed by atoms with Crippen molar-refractivity contribution in [1.29, 1.82) is 0 Å². The number of halogens is 3. The second-order valence-electron chi connectivity index (χ2n) is 4.17. The zero-order valence-electron chi connectivity index (χ0n) is 11.0. The summed E-state index contributed by atoms with van der Waals surface area (Å²) in [4.78, 5) is 0. The minimum atomic E-state index is -0.721. The Morgan fingerprint density at radius 2 is 1.60 bits per heavy atom. The van der Waals surface area contributed by atoms with E-state index < -0.39 is 17.0 Å². The van der Waals surface area contributed by atoms with Crippen molar-refractivity contribution >= 4 is 11.6 Å². The van der Waals surface area contributed by atoms with Gasteiger partial charge >= 0.3 is 0 Å². The van der Waals surface area contributed by atoms with Crippen molar-refractivity contribution in [3.05, 3.63) is 59.2 Å². The molecule has 0 aliphatic rings. The molecule has 2 aromatic carbocycles. The molecule has 0 saturated carbocycles. The first kappa shape index (κ1) is 14.6. The van der Waals surface area contributed by atoms with E-state index in [2.05, 4.69) is 0 Å². The number of methoxy groups -OCH3 is 2. The Hall–Kier alpha value is -1.81. The van der Waals surface area contributed by atoms with Crippen LogP contribution >= 0.6 is 11.6 Å². The molecular formula is C15H13ClF2O2. The summed E-state index contributed by atoms with van der Waals surface area (Å²) in [6, 6.07) is 8.29. The molecular weight excluding hydrogens is 286 g/mol. The first-order valence-electron chi connectivity index (χ1n) is 5.87. The number of rotatable bonds is 4. The van der Waals surface area contributed by atoms with Gasteiger partial charge in [-0.15, -0.1) is 11.6 Å². The fourth-order valence-electron chi connectivity index (χ4n) is 1.93. The molecule has 1 atom stereocenters. The third-order valence-electron chi connectivity index (χ3n) is 2.89. The highest BCUT2D eigenvalue weighted by Crippen LogP contribution is 2.37. The van der Waals surface area contributed by atoms with Crippen LogP contribution in [0.25, 0.3) is 0 Å². The Kier molecular flexibility index (Phi) is 4.45. The number of alkyl halides is 1. The van der Waals surface area contributed by atoms with Gasteiger partial charge in [0.25, 0.3) is 0 Å². The zero-order chi connectivity index (χ0) is 14.7. The van der Waals surface area contributed by atoms with E-state index in [-0.39, 0.29) is 0 Å². The van der Waals surface area contributed by atoms with E-state index >= 15 is 0 Å². The SMILES string of the molecule is COc1ccc(C(Cl)c2cc(F)cc(F)c2)c(OC)c1. The lowest BCUT2D eigenvalue weighted by atomic mass is 10.0. The van der Waals surface area contributed by atoms with E-state index in [0.29, 0.717) is 22.6 Å². The highest BCUT2D eigenvalue weighted by Gasteiger charge is 2.18. The van der Waals surface area contributed by atoms with E-state index in [1.807, 2.05) is 0 Å². The molecule has 0 bridgehead atoms. The number of ether oxygens (including phenoxy) is 2. The molecule has 1 unspecified atom stereocenters. The van der Waals surface area contributed by atoms with Gasteiger partial charge in [0.15, 0.2) is 0 Å². The summed E-state index contributed by atoms with van der Waals surface area (Å²) in [6.07, 6.45) is 0. The van der Waals surface area contributed by atoms with Crippen LogP contribution in [-0.2, 0) is 0 Å². The number of hydrogen-bond donors (Lipinski definition) is 0. The lowest BCUT2D eigenvalue weighted by Crippen LogP contribution is -1.99. The van der Waals surface area contributed by atoms with Gasteiger partial charge in [-0.3, -0.25) is 0 Å². The lowest BCUT2D eigenvalue weighted by molar-refractivity contribution is 0.391. The molecule has 5 heteroatoms. The van der Waals surface area contributed by atoms with Crippen LogP contribution in [0.1, 0.15) is 16.5 Å². The van der Waals surface area contributed by atoms with Crippen molar-refractivity contribution < 1.29 is 18.3 Å². The molecule has 0 N–H and O–H groups in total. The van der Waals surface area contributed by atoms with Crippen molar-refractivity contribution in [1.82, 2.24) is 0 Å². The zero-order valence-corrected chi connectivity index (χ0v) is 11.7. The van der Waals surface area contributed by atoms with Gasteiger partial charge in [0.1, 0.15) is 23.1 Å². The van der Waals surface area contributed by atoms with E-state index in [1.165, 1.54) is 26.4 Å². The first-order chi connectivity index (χ1) is 9.55. The maximum atomic E-state index is 13.3. The monoisotopic (exact) mass is 298 g/mol. The van der Waals surface area contributed by atoms with Crippen LogP contribution in [0.3, 0.4) is 0 Å². The summed E-state index contributed by atoms with van der Waals surface area (Å²) in [5.74, 6) is -0.231. The van der Waals surface area contributed by atoms with Gasteiger partial charge in [-0.25, -0.2) is 8.78 Å². The van der Waals surface area contributed by atoms with Gasteiger partial charge < -0.3 is 9.47 Å². The van der Waals surface area contributed by atoms with Gasteiger partial charge in [-0.2, -0.15) is 0 Å². The Balaban J connectivity index is 2.44. The molecule has 0 aromatic heterocycles. The molecule has 0 aliphatic carbocycles. The molecule has 2 rings (SSSR count). The van der Waals surface area contributed by atoms with Gasteiger partial charge in [0.05, 0.1) is 19.6 Å². The first-order valence-corrected chi connectivity index (χ1v) is 6.30. The van der Waals surface area contributed by atoms with Crippen LogP contribution in [0.15, 0.2) is 36.4 Å². The van der Waals surface area contributed by atoms with Gasteiger partial charge in [0, 0.05) is 17.7 Å². The molecule has 0 heterocycles. The maximum absolute atomic E-state index is 13.3. The van der Waals surface area contributed by atoms with Crippen LogP contribution in [0.4, 0.5) is 8.78 Å². The summed E-state index contributed by atoms with van der Waals surface area (Å²) in [6.45, 7) is 0. The fraction of sp³-hybridized carbons (Fsp3) is 0.200. The second-order valence-corrected chi connectivity index (χ2v) is 4.61. The van der Waals surface area contributed by atoms with Gasteiger partial charge in [-0.05, 0) is 29.8 Å². The highest BCUT2D eigenvalue weighted by atomic mass is 35.5. The van der Waals surface area contributed by atoms with Crippen LogP contribution in [-0.4, -0.2) is 14.2 Å². The third kappa shape index (κ3) is 3.02. The molecule has 20 heavy (non-hydrogen) atoms. The molecule has 106 valence electrons. The Labute approximate surface area is 120 Å². The van der Waals surface area contributed by atoms with Crippen LogP contribution in [0.2, 0.25) is 0 Å². The molecule has 0 amide bonds. The highest BCUT2D eigenvalue weighted by molar-refractivity contribution is 6.22. The van der Waals surface area contributed by atoms with Crippen molar-refractivity contribution in [2.75, 3.05) is 14.2 Å². The average molecular weight is 299 g/mol. The predicted octanol–water partition coefficient (Wildman–Crippen LogP) is 4.31. The average Bonchev–Trinajstić information content (AvgIpc) is 2.44. The summed E-state index contributed by atoms with van der Waals surface area (Å²) >= 11 is 6.30. The molecule has 0 saturated heterocycles. The Morgan fingerprint density at radius 1 is 0.950 bits per heavy atom. The molecule has 2 nitrogen and oxygen atoms in total. The molecule has 0 aliphatic heterocycles. The smallest absolute Gasteiger partial charge is 0.127 e. The normalized spacial score (nSPS) is 12.1. The number of benzene rings is 2. The van der Waals surface area contributed by atoms with Crippen molar-refractivity contribution in [2.45, 2.75) is 5.38 Å². The summed E-state index contributed by atoms with van der Waals surface area (Å²) in [5, 5.41) is -0.721. The number of hydrogen-bond acceptors (Lipinski definition) is 2. The van der Waals surface area contributed by atoms with E-state index in [9.17, 15) is 8.78 Å². The van der Waals surface area contributed by atoms with Crippen molar-refractivity contribution in [3.8, 4) is 11.5 Å². The summed E-state index contributed by atoms with van der Waals surface area (Å²) < 4.78 is 36.8. The third-order valence-corrected chi connectivity index (χ3v) is 3.38. The van der Waals surface area contributed by atoms with Crippen LogP contribution in [0, 0.1) is 11.6 Å². The van der Waals surface area contributed by atoms with E-state index in [4.69, 9.17) is 21.1 Å².